The van der Waals surface area contributed by atoms with E-state index in [4.69, 9.17) is 16.1 Å². The molecule has 1 aromatic carbocycles. The molecule has 0 amide bonds. The van der Waals surface area contributed by atoms with Crippen molar-refractivity contribution in [3.63, 3.8) is 0 Å². The second-order valence-electron chi connectivity index (χ2n) is 6.20. The van der Waals surface area contributed by atoms with E-state index in [9.17, 15) is 8.42 Å². The van der Waals surface area contributed by atoms with E-state index in [1.54, 1.807) is 19.1 Å². The first-order valence-corrected chi connectivity index (χ1v) is 9.88. The molecule has 0 unspecified atom stereocenters. The predicted molar refractivity (Wildman–Crippen MR) is 90.2 cm³/mol. The Morgan fingerprint density at radius 3 is 2.50 bits per heavy atom. The van der Waals surface area contributed by atoms with Gasteiger partial charge in [-0.1, -0.05) is 48.5 Å². The number of halogens is 1. The molecule has 130 valence electrons. The van der Waals surface area contributed by atoms with Crippen LogP contribution in [0, 0.1) is 6.92 Å². The molecular weight excluding hydrogens is 350 g/mol. The molecule has 1 heterocycles. The number of hydrogen-bond acceptors (Lipinski definition) is 5. The van der Waals surface area contributed by atoms with Crippen LogP contribution in [0.1, 0.15) is 50.2 Å². The van der Waals surface area contributed by atoms with Gasteiger partial charge in [-0.2, -0.15) is 9.71 Å². The Labute approximate surface area is 146 Å². The minimum Gasteiger partial charge on any atom is -0.340 e. The van der Waals surface area contributed by atoms with Gasteiger partial charge in [-0.15, -0.1) is 0 Å². The van der Waals surface area contributed by atoms with E-state index in [0.717, 1.165) is 25.7 Å². The lowest BCUT2D eigenvalue weighted by Gasteiger charge is -2.30. The van der Waals surface area contributed by atoms with Crippen LogP contribution < -0.4 is 4.72 Å². The van der Waals surface area contributed by atoms with Crippen LogP contribution in [0.25, 0.3) is 0 Å². The second kappa shape index (κ2) is 6.82. The average Bonchev–Trinajstić information content (AvgIpc) is 2.84. The fraction of sp³-hybridized carbons (Fsp3) is 0.500. The van der Waals surface area contributed by atoms with Crippen LogP contribution in [0.4, 0.5) is 0 Å². The molecule has 1 aliphatic rings. The largest absolute Gasteiger partial charge is 0.340 e. The molecular formula is C16H20ClN3O3S. The van der Waals surface area contributed by atoms with E-state index in [-0.39, 0.29) is 4.90 Å². The summed E-state index contributed by atoms with van der Waals surface area (Å²) in [5.41, 5.74) is -0.838. The summed E-state index contributed by atoms with van der Waals surface area (Å²) in [4.78, 5) is 4.45. The molecule has 6 nitrogen and oxygen atoms in total. The number of sulfonamides is 1. The molecule has 0 aliphatic heterocycles. The van der Waals surface area contributed by atoms with Gasteiger partial charge in [0.1, 0.15) is 0 Å². The topological polar surface area (TPSA) is 85.1 Å². The Bertz CT molecular complexity index is 811. The normalized spacial score (nSPS) is 18.2. The van der Waals surface area contributed by atoms with Crippen LogP contribution in [-0.4, -0.2) is 18.6 Å². The molecule has 0 radical (unpaired) electrons. The summed E-state index contributed by atoms with van der Waals surface area (Å²) >= 11 is 5.94. The van der Waals surface area contributed by atoms with E-state index in [2.05, 4.69) is 14.9 Å². The van der Waals surface area contributed by atoms with Crippen molar-refractivity contribution in [1.29, 1.82) is 0 Å². The number of nitrogens with one attached hydrogen (secondary N) is 1. The highest BCUT2D eigenvalue weighted by atomic mass is 35.5. The molecule has 0 spiro atoms. The standard InChI is InChI=1S/C16H20ClN3O3S/c1-12-18-15(19-23-12)16(9-4-2-3-5-10-16)20-24(21,22)14-8-6-7-13(17)11-14/h6-8,11,20H,2-5,9-10H2,1H3. The van der Waals surface area contributed by atoms with Gasteiger partial charge >= 0.3 is 0 Å². The zero-order valence-electron chi connectivity index (χ0n) is 13.5. The summed E-state index contributed by atoms with van der Waals surface area (Å²) in [5, 5.41) is 4.39. The maximum Gasteiger partial charge on any atom is 0.241 e. The van der Waals surface area contributed by atoms with E-state index < -0.39 is 15.6 Å². The molecule has 1 N–H and O–H groups in total. The van der Waals surface area contributed by atoms with Crippen LogP contribution in [0.2, 0.25) is 5.02 Å². The molecule has 0 bridgehead atoms. The molecule has 1 fully saturated rings. The van der Waals surface area contributed by atoms with Crippen molar-refractivity contribution >= 4 is 21.6 Å². The number of rotatable bonds is 4. The third kappa shape index (κ3) is 3.63. The lowest BCUT2D eigenvalue weighted by Crippen LogP contribution is -2.46. The van der Waals surface area contributed by atoms with Gasteiger partial charge in [-0.3, -0.25) is 0 Å². The predicted octanol–water partition coefficient (Wildman–Crippen LogP) is 3.56. The molecule has 1 saturated carbocycles. The third-order valence-corrected chi connectivity index (χ3v) is 6.12. The molecule has 2 aromatic rings. The van der Waals surface area contributed by atoms with Crippen LogP contribution in [0.3, 0.4) is 0 Å². The summed E-state index contributed by atoms with van der Waals surface area (Å²) in [6.07, 6.45) is 5.24. The molecule has 1 aliphatic carbocycles. The van der Waals surface area contributed by atoms with Gasteiger partial charge in [0.25, 0.3) is 0 Å². The van der Waals surface area contributed by atoms with Gasteiger partial charge in [-0.05, 0) is 31.0 Å². The Kier molecular flexibility index (Phi) is 4.94. The Morgan fingerprint density at radius 1 is 1.21 bits per heavy atom. The highest BCUT2D eigenvalue weighted by molar-refractivity contribution is 7.89. The maximum atomic E-state index is 12.9. The fourth-order valence-electron chi connectivity index (χ4n) is 3.15. The van der Waals surface area contributed by atoms with Crippen molar-refractivity contribution in [2.45, 2.75) is 55.9 Å². The van der Waals surface area contributed by atoms with Crippen molar-refractivity contribution in [1.82, 2.24) is 14.9 Å². The van der Waals surface area contributed by atoms with Crippen molar-refractivity contribution in [2.24, 2.45) is 0 Å². The zero-order valence-corrected chi connectivity index (χ0v) is 15.0. The van der Waals surface area contributed by atoms with Gasteiger partial charge in [0.2, 0.25) is 15.9 Å². The van der Waals surface area contributed by atoms with Crippen LogP contribution >= 0.6 is 11.6 Å². The molecule has 3 rings (SSSR count). The lowest BCUT2D eigenvalue weighted by molar-refractivity contribution is 0.301. The third-order valence-electron chi connectivity index (χ3n) is 4.35. The van der Waals surface area contributed by atoms with Crippen molar-refractivity contribution in [2.75, 3.05) is 0 Å². The molecule has 8 heteroatoms. The van der Waals surface area contributed by atoms with E-state index in [1.165, 1.54) is 12.1 Å². The van der Waals surface area contributed by atoms with E-state index in [0.29, 0.717) is 29.6 Å². The van der Waals surface area contributed by atoms with Crippen LogP contribution in [0.5, 0.6) is 0 Å². The zero-order chi connectivity index (χ0) is 17.2. The van der Waals surface area contributed by atoms with Crippen molar-refractivity contribution in [3.8, 4) is 0 Å². The van der Waals surface area contributed by atoms with Gasteiger partial charge < -0.3 is 4.52 Å². The summed E-state index contributed by atoms with van der Waals surface area (Å²) in [6.45, 7) is 1.70. The van der Waals surface area contributed by atoms with Gasteiger partial charge in [0.05, 0.1) is 10.4 Å². The number of hydrogen-bond donors (Lipinski definition) is 1. The summed E-state index contributed by atoms with van der Waals surface area (Å²) in [5.74, 6) is 0.836. The van der Waals surface area contributed by atoms with Crippen molar-refractivity contribution < 1.29 is 12.9 Å². The van der Waals surface area contributed by atoms with Crippen LogP contribution in [-0.2, 0) is 15.6 Å². The molecule has 0 saturated heterocycles. The second-order valence-corrected chi connectivity index (χ2v) is 8.32. The number of nitrogens with zero attached hydrogens (tertiary/aromatic N) is 2. The molecule has 1 aromatic heterocycles. The van der Waals surface area contributed by atoms with Gasteiger partial charge in [0, 0.05) is 11.9 Å². The SMILES string of the molecule is Cc1nc(C2(NS(=O)(=O)c3cccc(Cl)c3)CCCCCC2)no1. The highest BCUT2D eigenvalue weighted by Crippen LogP contribution is 2.36. The molecule has 0 atom stereocenters. The summed E-state index contributed by atoms with van der Waals surface area (Å²) in [7, 11) is -3.75. The minimum absolute atomic E-state index is 0.138. The first-order valence-electron chi connectivity index (χ1n) is 8.02. The van der Waals surface area contributed by atoms with Gasteiger partial charge in [0.15, 0.2) is 5.82 Å². The van der Waals surface area contributed by atoms with E-state index in [1.807, 2.05) is 0 Å². The Balaban J connectivity index is 2.00. The smallest absolute Gasteiger partial charge is 0.241 e. The quantitative estimate of drug-likeness (QED) is 0.833. The monoisotopic (exact) mass is 369 g/mol. The summed E-state index contributed by atoms with van der Waals surface area (Å²) < 4.78 is 33.7. The van der Waals surface area contributed by atoms with Crippen LogP contribution in [0.15, 0.2) is 33.7 Å². The first-order chi connectivity index (χ1) is 11.4. The highest BCUT2D eigenvalue weighted by Gasteiger charge is 2.41. The summed E-state index contributed by atoms with van der Waals surface area (Å²) in [6, 6.07) is 6.23. The van der Waals surface area contributed by atoms with Gasteiger partial charge in [-0.25, -0.2) is 8.42 Å². The van der Waals surface area contributed by atoms with E-state index >= 15 is 0 Å². The lowest BCUT2D eigenvalue weighted by atomic mass is 9.91. The average molecular weight is 370 g/mol. The molecule has 24 heavy (non-hydrogen) atoms. The number of aromatic nitrogens is 2. The number of aryl methyl sites for hydroxylation is 1. The number of benzene rings is 1. The minimum atomic E-state index is -3.75. The van der Waals surface area contributed by atoms with Crippen molar-refractivity contribution in [3.05, 3.63) is 41.0 Å². The first kappa shape index (κ1) is 17.4. The Hall–Kier alpha value is -1.44. The Morgan fingerprint density at radius 2 is 1.92 bits per heavy atom. The fourth-order valence-corrected chi connectivity index (χ4v) is 4.87. The maximum absolute atomic E-state index is 12.9.